The molecule has 3 nitrogen and oxygen atoms in total. The Morgan fingerprint density at radius 2 is 2.00 bits per heavy atom. The van der Waals surface area contributed by atoms with E-state index in [2.05, 4.69) is 0 Å². The molecule has 0 bridgehead atoms. The third-order valence-electron chi connectivity index (χ3n) is 4.29. The Bertz CT molecular complexity index is 835. The van der Waals surface area contributed by atoms with Crippen molar-refractivity contribution in [2.75, 3.05) is 6.54 Å². The third-order valence-corrected chi connectivity index (χ3v) is 7.59. The fourth-order valence-corrected chi connectivity index (χ4v) is 6.10. The maximum absolute atomic E-state index is 13.4. The number of rotatable bonds is 3. The highest BCUT2D eigenvalue weighted by Gasteiger charge is 2.34. The van der Waals surface area contributed by atoms with Crippen LogP contribution in [0.15, 0.2) is 35.2 Å². The minimum absolute atomic E-state index is 0.0501. The van der Waals surface area contributed by atoms with E-state index >= 15 is 0 Å². The van der Waals surface area contributed by atoms with Gasteiger partial charge in [0.05, 0.1) is 16.0 Å². The summed E-state index contributed by atoms with van der Waals surface area (Å²) >= 11 is 7.42. The molecule has 0 amide bonds. The number of sulfonamides is 1. The number of aryl methyl sites for hydroxylation is 1. The van der Waals surface area contributed by atoms with Gasteiger partial charge in [-0.25, -0.2) is 12.8 Å². The van der Waals surface area contributed by atoms with Crippen LogP contribution in [-0.2, 0) is 10.0 Å². The lowest BCUT2D eigenvalue weighted by atomic mass is 10.1. The molecule has 0 saturated carbocycles. The van der Waals surface area contributed by atoms with Gasteiger partial charge in [-0.2, -0.15) is 4.31 Å². The first-order valence-electron chi connectivity index (χ1n) is 7.93. The summed E-state index contributed by atoms with van der Waals surface area (Å²) in [7, 11) is -3.72. The molecule has 7 heteroatoms. The van der Waals surface area contributed by atoms with E-state index in [0.717, 1.165) is 41.5 Å². The molecule has 24 heavy (non-hydrogen) atoms. The van der Waals surface area contributed by atoms with Crippen molar-refractivity contribution < 1.29 is 12.8 Å². The molecule has 1 aliphatic rings. The standard InChI is InChI=1S/C17H19ClFNO2S2/c1-12-6-9-17(23-12)16-5-3-2-4-10-20(16)24(21,22)13-7-8-15(19)14(18)11-13/h6-9,11,16H,2-5,10H2,1H3/t16-/m1/s1. The van der Waals surface area contributed by atoms with E-state index in [1.807, 2.05) is 19.1 Å². The van der Waals surface area contributed by atoms with Gasteiger partial charge in [-0.05, 0) is 50.1 Å². The smallest absolute Gasteiger partial charge is 0.207 e. The molecule has 1 aliphatic heterocycles. The predicted molar refractivity (Wildman–Crippen MR) is 95.6 cm³/mol. The van der Waals surface area contributed by atoms with Crippen LogP contribution in [0.5, 0.6) is 0 Å². The zero-order chi connectivity index (χ0) is 17.3. The van der Waals surface area contributed by atoms with Crippen molar-refractivity contribution >= 4 is 33.0 Å². The van der Waals surface area contributed by atoms with Gasteiger partial charge in [0.25, 0.3) is 0 Å². The lowest BCUT2D eigenvalue weighted by Crippen LogP contribution is -2.34. The minimum Gasteiger partial charge on any atom is -0.207 e. The van der Waals surface area contributed by atoms with Crippen LogP contribution in [0.3, 0.4) is 0 Å². The van der Waals surface area contributed by atoms with Crippen molar-refractivity contribution in [3.63, 3.8) is 0 Å². The number of benzene rings is 1. The average Bonchev–Trinajstić information content (AvgIpc) is 2.82. The molecule has 3 rings (SSSR count). The van der Waals surface area contributed by atoms with Crippen LogP contribution in [0.2, 0.25) is 5.02 Å². The molecule has 2 heterocycles. The summed E-state index contributed by atoms with van der Waals surface area (Å²) in [6.45, 7) is 2.49. The predicted octanol–water partition coefficient (Wildman–Crippen LogP) is 5.16. The van der Waals surface area contributed by atoms with Crippen molar-refractivity contribution in [2.24, 2.45) is 0 Å². The van der Waals surface area contributed by atoms with Gasteiger partial charge in [0, 0.05) is 16.3 Å². The molecule has 1 atom stereocenters. The minimum atomic E-state index is -3.72. The van der Waals surface area contributed by atoms with Gasteiger partial charge in [-0.3, -0.25) is 0 Å². The van der Waals surface area contributed by atoms with Gasteiger partial charge in [0.15, 0.2) is 0 Å². The lowest BCUT2D eigenvalue weighted by molar-refractivity contribution is 0.333. The molecule has 0 spiro atoms. The van der Waals surface area contributed by atoms with Crippen LogP contribution in [0, 0.1) is 12.7 Å². The quantitative estimate of drug-likeness (QED) is 0.729. The van der Waals surface area contributed by atoms with Gasteiger partial charge in [0.2, 0.25) is 10.0 Å². The van der Waals surface area contributed by atoms with Gasteiger partial charge in [0.1, 0.15) is 5.82 Å². The molecule has 1 fully saturated rings. The van der Waals surface area contributed by atoms with E-state index < -0.39 is 15.8 Å². The Morgan fingerprint density at radius 3 is 2.67 bits per heavy atom. The summed E-state index contributed by atoms with van der Waals surface area (Å²) in [6.07, 6.45) is 3.64. The van der Waals surface area contributed by atoms with Crippen molar-refractivity contribution in [1.82, 2.24) is 4.31 Å². The van der Waals surface area contributed by atoms with Crippen molar-refractivity contribution in [2.45, 2.75) is 43.5 Å². The number of thiophene rings is 1. The summed E-state index contributed by atoms with van der Waals surface area (Å²) in [6, 6.07) is 7.46. The van der Waals surface area contributed by atoms with E-state index in [9.17, 15) is 12.8 Å². The molecule has 0 N–H and O–H groups in total. The van der Waals surface area contributed by atoms with Crippen molar-refractivity contribution in [3.05, 3.63) is 50.9 Å². The first-order chi connectivity index (χ1) is 11.4. The average molecular weight is 388 g/mol. The highest BCUT2D eigenvalue weighted by molar-refractivity contribution is 7.89. The highest BCUT2D eigenvalue weighted by atomic mass is 35.5. The zero-order valence-electron chi connectivity index (χ0n) is 13.3. The van der Waals surface area contributed by atoms with Crippen LogP contribution in [-0.4, -0.2) is 19.3 Å². The second kappa shape index (κ2) is 7.12. The van der Waals surface area contributed by atoms with Crippen molar-refractivity contribution in [3.8, 4) is 0 Å². The highest BCUT2D eigenvalue weighted by Crippen LogP contribution is 2.38. The Hall–Kier alpha value is -0.950. The molecule has 2 aromatic rings. The summed E-state index contributed by atoms with van der Waals surface area (Å²) in [5.41, 5.74) is 0. The van der Waals surface area contributed by atoms with Crippen molar-refractivity contribution in [1.29, 1.82) is 0 Å². The molecule has 1 aromatic carbocycles. The number of hydrogen-bond donors (Lipinski definition) is 0. The maximum Gasteiger partial charge on any atom is 0.243 e. The van der Waals surface area contributed by atoms with Crippen LogP contribution in [0.25, 0.3) is 0 Å². The van der Waals surface area contributed by atoms with Crippen LogP contribution in [0.1, 0.15) is 41.5 Å². The summed E-state index contributed by atoms with van der Waals surface area (Å²) in [4.78, 5) is 2.27. The Labute approximate surface area is 151 Å². The van der Waals surface area contributed by atoms with E-state index in [0.29, 0.717) is 6.54 Å². The second-order valence-electron chi connectivity index (χ2n) is 6.01. The third kappa shape index (κ3) is 3.52. The van der Waals surface area contributed by atoms with E-state index in [4.69, 9.17) is 11.6 Å². The SMILES string of the molecule is Cc1ccc([C@H]2CCCCCN2S(=O)(=O)c2ccc(F)c(Cl)c2)s1. The molecule has 1 saturated heterocycles. The normalized spacial score (nSPS) is 20.0. The van der Waals surface area contributed by atoms with Crippen LogP contribution in [0.4, 0.5) is 4.39 Å². The number of halogens is 2. The van der Waals surface area contributed by atoms with Crippen LogP contribution < -0.4 is 0 Å². The molecule has 0 aliphatic carbocycles. The molecule has 0 radical (unpaired) electrons. The Balaban J connectivity index is 2.02. The van der Waals surface area contributed by atoms with E-state index in [1.54, 1.807) is 15.6 Å². The summed E-state index contributed by atoms with van der Waals surface area (Å²) < 4.78 is 41.3. The topological polar surface area (TPSA) is 37.4 Å². The molecular formula is C17H19ClFNO2S2. The van der Waals surface area contributed by atoms with E-state index in [-0.39, 0.29) is 16.0 Å². The first-order valence-corrected chi connectivity index (χ1v) is 10.6. The monoisotopic (exact) mass is 387 g/mol. The largest absolute Gasteiger partial charge is 0.243 e. The molecule has 1 aromatic heterocycles. The fourth-order valence-electron chi connectivity index (χ4n) is 3.06. The Kier molecular flexibility index (Phi) is 5.30. The molecule has 130 valence electrons. The fraction of sp³-hybridized carbons (Fsp3) is 0.412. The van der Waals surface area contributed by atoms with Gasteiger partial charge < -0.3 is 0 Å². The second-order valence-corrected chi connectivity index (χ2v) is 9.62. The van der Waals surface area contributed by atoms with Crippen LogP contribution >= 0.6 is 22.9 Å². The number of hydrogen-bond acceptors (Lipinski definition) is 3. The zero-order valence-corrected chi connectivity index (χ0v) is 15.7. The lowest BCUT2D eigenvalue weighted by Gasteiger charge is -2.28. The maximum atomic E-state index is 13.4. The summed E-state index contributed by atoms with van der Waals surface area (Å²) in [5, 5.41) is -0.172. The van der Waals surface area contributed by atoms with Gasteiger partial charge >= 0.3 is 0 Å². The molecular weight excluding hydrogens is 369 g/mol. The molecule has 0 unspecified atom stereocenters. The Morgan fingerprint density at radius 1 is 1.21 bits per heavy atom. The summed E-state index contributed by atoms with van der Waals surface area (Å²) in [5.74, 6) is -0.614. The van der Waals surface area contributed by atoms with Gasteiger partial charge in [-0.1, -0.05) is 24.4 Å². The van der Waals surface area contributed by atoms with E-state index in [1.165, 1.54) is 12.1 Å². The first kappa shape index (κ1) is 17.9. The number of nitrogens with zero attached hydrogens (tertiary/aromatic N) is 1. The van der Waals surface area contributed by atoms with Gasteiger partial charge in [-0.15, -0.1) is 11.3 Å².